The van der Waals surface area contributed by atoms with E-state index < -0.39 is 9.84 Å². The molecule has 2 aliphatic rings. The van der Waals surface area contributed by atoms with Crippen LogP contribution in [0.25, 0.3) is 0 Å². The lowest BCUT2D eigenvalue weighted by Gasteiger charge is -2.33. The van der Waals surface area contributed by atoms with Gasteiger partial charge in [-0.15, -0.1) is 0 Å². The van der Waals surface area contributed by atoms with Crippen LogP contribution in [0.4, 0.5) is 0 Å². The zero-order chi connectivity index (χ0) is 14.2. The summed E-state index contributed by atoms with van der Waals surface area (Å²) in [7, 11) is -2.87. The molecule has 2 saturated heterocycles. The Balaban J connectivity index is 2.07. The fourth-order valence-corrected chi connectivity index (χ4v) is 4.52. The summed E-state index contributed by atoms with van der Waals surface area (Å²) in [6, 6.07) is -0.0360. The third kappa shape index (κ3) is 2.94. The first kappa shape index (κ1) is 14.8. The van der Waals surface area contributed by atoms with Gasteiger partial charge < -0.3 is 4.90 Å². The largest absolute Gasteiger partial charge is 0.323 e. The first-order valence-corrected chi connectivity index (χ1v) is 8.96. The normalized spacial score (nSPS) is 33.6. The Bertz CT molecular complexity index is 435. The summed E-state index contributed by atoms with van der Waals surface area (Å²) in [5.74, 6) is 0.878. The summed E-state index contributed by atoms with van der Waals surface area (Å²) in [5.41, 5.74) is 0. The van der Waals surface area contributed by atoms with Crippen molar-refractivity contribution in [3.05, 3.63) is 0 Å². The Kier molecular flexibility index (Phi) is 4.20. The molecule has 0 aromatic rings. The monoisotopic (exact) mass is 288 g/mol. The van der Waals surface area contributed by atoms with Crippen molar-refractivity contribution in [1.82, 2.24) is 10.2 Å². The van der Waals surface area contributed by atoms with Gasteiger partial charge >= 0.3 is 0 Å². The molecule has 0 radical (unpaired) electrons. The Morgan fingerprint density at radius 2 is 1.95 bits per heavy atom. The van der Waals surface area contributed by atoms with E-state index in [2.05, 4.69) is 19.2 Å². The highest BCUT2D eigenvalue weighted by atomic mass is 32.2. The molecular weight excluding hydrogens is 264 g/mol. The molecule has 0 bridgehead atoms. The van der Waals surface area contributed by atoms with Crippen molar-refractivity contribution in [3.63, 3.8) is 0 Å². The Labute approximate surface area is 115 Å². The maximum atomic E-state index is 12.5. The van der Waals surface area contributed by atoms with Gasteiger partial charge in [0.1, 0.15) is 9.84 Å². The van der Waals surface area contributed by atoms with Gasteiger partial charge in [-0.3, -0.25) is 10.1 Å². The number of carbonyl (C=O) groups excluding carboxylic acids is 1. The van der Waals surface area contributed by atoms with Crippen molar-refractivity contribution in [2.75, 3.05) is 11.5 Å². The highest BCUT2D eigenvalue weighted by Crippen LogP contribution is 2.26. The molecule has 1 amide bonds. The van der Waals surface area contributed by atoms with Gasteiger partial charge in [-0.25, -0.2) is 8.42 Å². The van der Waals surface area contributed by atoms with Gasteiger partial charge in [0.25, 0.3) is 0 Å². The molecule has 3 atom stereocenters. The summed E-state index contributed by atoms with van der Waals surface area (Å²) < 4.78 is 22.9. The summed E-state index contributed by atoms with van der Waals surface area (Å²) in [4.78, 5) is 14.4. The number of hydrogen-bond donors (Lipinski definition) is 1. The first-order chi connectivity index (χ1) is 8.85. The summed E-state index contributed by atoms with van der Waals surface area (Å²) in [6.07, 6.45) is 2.13. The third-order valence-electron chi connectivity index (χ3n) is 4.49. The Morgan fingerprint density at radius 3 is 2.47 bits per heavy atom. The maximum Gasteiger partial charge on any atom is 0.241 e. The number of amides is 1. The molecule has 0 saturated carbocycles. The van der Waals surface area contributed by atoms with Crippen LogP contribution >= 0.6 is 0 Å². The molecule has 2 fully saturated rings. The lowest BCUT2D eigenvalue weighted by atomic mass is 9.99. The van der Waals surface area contributed by atoms with Crippen LogP contribution in [-0.4, -0.2) is 49.0 Å². The van der Waals surface area contributed by atoms with Crippen LogP contribution in [0.3, 0.4) is 0 Å². The molecule has 2 aliphatic heterocycles. The van der Waals surface area contributed by atoms with Gasteiger partial charge in [-0.05, 0) is 25.7 Å². The van der Waals surface area contributed by atoms with Crippen molar-refractivity contribution in [2.24, 2.45) is 5.92 Å². The molecule has 19 heavy (non-hydrogen) atoms. The second-order valence-electron chi connectivity index (χ2n) is 5.83. The molecule has 5 nitrogen and oxygen atoms in total. The fourth-order valence-electron chi connectivity index (χ4n) is 3.06. The van der Waals surface area contributed by atoms with Crippen LogP contribution in [0.15, 0.2) is 0 Å². The van der Waals surface area contributed by atoms with E-state index in [-0.39, 0.29) is 35.7 Å². The molecule has 0 aromatic heterocycles. The van der Waals surface area contributed by atoms with E-state index in [0.29, 0.717) is 18.8 Å². The van der Waals surface area contributed by atoms with E-state index in [0.717, 1.165) is 6.42 Å². The summed E-state index contributed by atoms with van der Waals surface area (Å²) in [5, 5.41) is 3.35. The number of carbonyl (C=O) groups is 1. The minimum absolute atomic E-state index is 0.0114. The molecule has 2 heterocycles. The molecule has 0 spiro atoms. The van der Waals surface area contributed by atoms with Crippen molar-refractivity contribution in [1.29, 1.82) is 0 Å². The van der Waals surface area contributed by atoms with Gasteiger partial charge in [0.15, 0.2) is 0 Å². The van der Waals surface area contributed by atoms with Gasteiger partial charge in [0.2, 0.25) is 5.91 Å². The lowest BCUT2D eigenvalue weighted by Crippen LogP contribution is -2.47. The van der Waals surface area contributed by atoms with Gasteiger partial charge in [0, 0.05) is 6.04 Å². The number of nitrogens with one attached hydrogen (secondary N) is 1. The Hall–Kier alpha value is -0.620. The van der Waals surface area contributed by atoms with E-state index in [1.54, 1.807) is 0 Å². The van der Waals surface area contributed by atoms with Crippen LogP contribution in [-0.2, 0) is 14.6 Å². The summed E-state index contributed by atoms with van der Waals surface area (Å²) in [6.45, 7) is 6.15. The maximum absolute atomic E-state index is 12.5. The minimum atomic E-state index is -2.87. The second-order valence-corrected chi connectivity index (χ2v) is 8.14. The molecule has 2 rings (SSSR count). The van der Waals surface area contributed by atoms with Crippen molar-refractivity contribution in [3.8, 4) is 0 Å². The van der Waals surface area contributed by atoms with Crippen molar-refractivity contribution >= 4 is 15.7 Å². The molecule has 1 N–H and O–H groups in total. The van der Waals surface area contributed by atoms with Crippen LogP contribution in [0.1, 0.15) is 40.0 Å². The SMILES string of the molecule is CCC(C)C1NC(C)N(C2CCS(=O)(=O)CC2)C1=O. The molecule has 110 valence electrons. The zero-order valence-corrected chi connectivity index (χ0v) is 12.7. The Morgan fingerprint density at radius 1 is 1.37 bits per heavy atom. The highest BCUT2D eigenvalue weighted by molar-refractivity contribution is 7.91. The van der Waals surface area contributed by atoms with Crippen LogP contribution < -0.4 is 5.32 Å². The van der Waals surface area contributed by atoms with E-state index in [1.165, 1.54) is 0 Å². The molecular formula is C13H24N2O3S. The molecule has 0 aliphatic carbocycles. The number of rotatable bonds is 3. The topological polar surface area (TPSA) is 66.5 Å². The number of sulfone groups is 1. The number of hydrogen-bond acceptors (Lipinski definition) is 4. The second kappa shape index (κ2) is 5.40. The predicted octanol–water partition coefficient (Wildman–Crippen LogP) is 0.756. The van der Waals surface area contributed by atoms with Gasteiger partial charge in [-0.1, -0.05) is 20.3 Å². The highest BCUT2D eigenvalue weighted by Gasteiger charge is 2.43. The molecule has 6 heteroatoms. The molecule has 3 unspecified atom stereocenters. The van der Waals surface area contributed by atoms with E-state index in [9.17, 15) is 13.2 Å². The van der Waals surface area contributed by atoms with Gasteiger partial charge in [0.05, 0.1) is 23.7 Å². The minimum Gasteiger partial charge on any atom is -0.323 e. The summed E-state index contributed by atoms with van der Waals surface area (Å²) >= 11 is 0. The average molecular weight is 288 g/mol. The van der Waals surface area contributed by atoms with Crippen molar-refractivity contribution < 1.29 is 13.2 Å². The standard InChI is InChI=1S/C13H24N2O3S/c1-4-9(2)12-13(16)15(10(3)14-12)11-5-7-19(17,18)8-6-11/h9-12,14H,4-8H2,1-3H3. The van der Waals surface area contributed by atoms with E-state index in [4.69, 9.17) is 0 Å². The van der Waals surface area contributed by atoms with Gasteiger partial charge in [-0.2, -0.15) is 0 Å². The van der Waals surface area contributed by atoms with Crippen LogP contribution in [0.2, 0.25) is 0 Å². The smallest absolute Gasteiger partial charge is 0.241 e. The quantitative estimate of drug-likeness (QED) is 0.832. The first-order valence-electron chi connectivity index (χ1n) is 7.14. The zero-order valence-electron chi connectivity index (χ0n) is 11.9. The third-order valence-corrected chi connectivity index (χ3v) is 6.20. The van der Waals surface area contributed by atoms with E-state index in [1.807, 2.05) is 11.8 Å². The van der Waals surface area contributed by atoms with Crippen LogP contribution in [0.5, 0.6) is 0 Å². The average Bonchev–Trinajstić information content (AvgIpc) is 2.65. The predicted molar refractivity (Wildman–Crippen MR) is 74.4 cm³/mol. The van der Waals surface area contributed by atoms with Crippen molar-refractivity contribution in [2.45, 2.75) is 58.3 Å². The lowest BCUT2D eigenvalue weighted by molar-refractivity contribution is -0.133. The number of nitrogens with zero attached hydrogens (tertiary/aromatic N) is 1. The van der Waals surface area contributed by atoms with Crippen LogP contribution in [0, 0.1) is 5.92 Å². The fraction of sp³-hybridized carbons (Fsp3) is 0.923. The van der Waals surface area contributed by atoms with E-state index >= 15 is 0 Å². The molecule has 0 aromatic carbocycles.